The smallest absolute Gasteiger partial charge is 0.0471 e. The molecular formula is C34H75NO. The van der Waals surface area contributed by atoms with E-state index in [1.165, 1.54) is 32.4 Å². The Bertz CT molecular complexity index is 460. The molecule has 0 N–H and O–H groups in total. The predicted octanol–water partition coefficient (Wildman–Crippen LogP) is 11.1. The Labute approximate surface area is 232 Å². The van der Waals surface area contributed by atoms with Crippen LogP contribution in [0.5, 0.6) is 0 Å². The molecule has 0 radical (unpaired) electrons. The summed E-state index contributed by atoms with van der Waals surface area (Å²) in [5.74, 6) is 0. The zero-order valence-corrected chi connectivity index (χ0v) is 29.2. The van der Waals surface area contributed by atoms with Gasteiger partial charge in [0.2, 0.25) is 0 Å². The Morgan fingerprint density at radius 1 is 0.389 bits per heavy atom. The molecule has 0 heterocycles. The van der Waals surface area contributed by atoms with E-state index in [2.05, 4.69) is 137 Å². The summed E-state index contributed by atoms with van der Waals surface area (Å²) in [6.45, 7) is 45.3. The standard InChI is InChI=1S/C13H29N.C12H26O.C9H20/c1-12(2,3)8-10-14(7)11-9-13(4,5)6;1-11(2,3)7-9-13-10-8-12(4,5)6;1-8(2,3)7-9(4,5)6/h8-11H2,1-7H3;7-10H2,1-6H3;7H2,1-6H3. The van der Waals surface area contributed by atoms with E-state index in [9.17, 15) is 0 Å². The highest BCUT2D eigenvalue weighted by atomic mass is 16.5. The molecule has 0 aromatic heterocycles. The van der Waals surface area contributed by atoms with Gasteiger partial charge in [0.05, 0.1) is 0 Å². The Morgan fingerprint density at radius 2 is 0.639 bits per heavy atom. The van der Waals surface area contributed by atoms with Crippen molar-refractivity contribution < 1.29 is 4.74 Å². The number of hydrogen-bond donors (Lipinski definition) is 0. The highest BCUT2D eigenvalue weighted by molar-refractivity contribution is 4.71. The third-order valence-electron chi connectivity index (χ3n) is 5.54. The number of nitrogens with zero attached hydrogens (tertiary/aromatic N) is 1. The quantitative estimate of drug-likeness (QED) is 0.299. The van der Waals surface area contributed by atoms with Gasteiger partial charge in [-0.3, -0.25) is 0 Å². The first kappa shape index (κ1) is 40.4. The molecule has 0 aliphatic heterocycles. The van der Waals surface area contributed by atoms with Crippen LogP contribution in [0.25, 0.3) is 0 Å². The minimum absolute atomic E-state index is 0.404. The molecule has 0 spiro atoms. The van der Waals surface area contributed by atoms with E-state index in [4.69, 9.17) is 4.74 Å². The topological polar surface area (TPSA) is 12.5 Å². The second-order valence-corrected chi connectivity index (χ2v) is 18.5. The maximum absolute atomic E-state index is 5.59. The molecule has 0 aromatic carbocycles. The molecule has 2 nitrogen and oxygen atoms in total. The average Bonchev–Trinajstić information content (AvgIpc) is 2.52. The fourth-order valence-corrected chi connectivity index (χ4v) is 3.61. The lowest BCUT2D eigenvalue weighted by Crippen LogP contribution is -2.27. The van der Waals surface area contributed by atoms with Gasteiger partial charge in [-0.15, -0.1) is 0 Å². The summed E-state index contributed by atoms with van der Waals surface area (Å²) in [5, 5.41) is 0. The summed E-state index contributed by atoms with van der Waals surface area (Å²) in [5.41, 5.74) is 2.71. The van der Waals surface area contributed by atoms with Crippen molar-refractivity contribution in [1.82, 2.24) is 4.90 Å². The van der Waals surface area contributed by atoms with Crippen molar-refractivity contribution in [2.45, 2.75) is 157 Å². The second kappa shape index (κ2) is 16.8. The van der Waals surface area contributed by atoms with Crippen LogP contribution in [0.1, 0.15) is 157 Å². The molecule has 0 aromatic rings. The molecule has 36 heavy (non-hydrogen) atoms. The zero-order valence-electron chi connectivity index (χ0n) is 29.2. The second-order valence-electron chi connectivity index (χ2n) is 18.5. The van der Waals surface area contributed by atoms with Crippen molar-refractivity contribution in [3.05, 3.63) is 0 Å². The Balaban J connectivity index is -0.000000465. The van der Waals surface area contributed by atoms with Gasteiger partial charge in [0.25, 0.3) is 0 Å². The molecule has 0 fully saturated rings. The first-order valence-electron chi connectivity index (χ1n) is 14.8. The van der Waals surface area contributed by atoms with E-state index < -0.39 is 0 Å². The molecule has 0 atom stereocenters. The van der Waals surface area contributed by atoms with Gasteiger partial charge in [-0.2, -0.15) is 0 Å². The third kappa shape index (κ3) is 47.2. The lowest BCUT2D eigenvalue weighted by atomic mass is 9.78. The van der Waals surface area contributed by atoms with Crippen molar-refractivity contribution in [1.29, 1.82) is 0 Å². The minimum atomic E-state index is 0.404. The summed E-state index contributed by atoms with van der Waals surface area (Å²) in [7, 11) is 2.23. The van der Waals surface area contributed by atoms with Crippen LogP contribution in [0, 0.1) is 32.5 Å². The van der Waals surface area contributed by atoms with E-state index in [-0.39, 0.29) is 0 Å². The van der Waals surface area contributed by atoms with Crippen molar-refractivity contribution in [3.63, 3.8) is 0 Å². The van der Waals surface area contributed by atoms with Crippen LogP contribution in [0.4, 0.5) is 0 Å². The molecule has 0 saturated carbocycles. The summed E-state index contributed by atoms with van der Waals surface area (Å²) < 4.78 is 5.59. The Morgan fingerprint density at radius 3 is 0.806 bits per heavy atom. The van der Waals surface area contributed by atoms with Crippen LogP contribution in [0.15, 0.2) is 0 Å². The van der Waals surface area contributed by atoms with E-state index >= 15 is 0 Å². The highest BCUT2D eigenvalue weighted by Crippen LogP contribution is 2.32. The van der Waals surface area contributed by atoms with Crippen LogP contribution < -0.4 is 0 Å². The zero-order chi connectivity index (χ0) is 29.6. The average molecular weight is 514 g/mol. The summed E-state index contributed by atoms with van der Waals surface area (Å²) in [6.07, 6.45) is 6.16. The fraction of sp³-hybridized carbons (Fsp3) is 1.00. The fourth-order valence-electron chi connectivity index (χ4n) is 3.61. The number of hydrogen-bond acceptors (Lipinski definition) is 2. The Hall–Kier alpha value is -0.0800. The first-order valence-corrected chi connectivity index (χ1v) is 14.8. The molecule has 0 unspecified atom stereocenters. The molecule has 0 rings (SSSR count). The summed E-state index contributed by atoms with van der Waals surface area (Å²) >= 11 is 0. The van der Waals surface area contributed by atoms with Gasteiger partial charge >= 0.3 is 0 Å². The highest BCUT2D eigenvalue weighted by Gasteiger charge is 2.20. The molecule has 0 aliphatic rings. The minimum Gasteiger partial charge on any atom is -0.381 e. The van der Waals surface area contributed by atoms with Crippen LogP contribution >= 0.6 is 0 Å². The molecule has 2 heteroatoms. The monoisotopic (exact) mass is 514 g/mol. The molecule has 0 bridgehead atoms. The molecule has 222 valence electrons. The largest absolute Gasteiger partial charge is 0.381 e. The van der Waals surface area contributed by atoms with Crippen molar-refractivity contribution in [2.24, 2.45) is 32.5 Å². The number of rotatable bonds is 8. The molecule has 0 saturated heterocycles. The van der Waals surface area contributed by atoms with Gasteiger partial charge in [-0.25, -0.2) is 0 Å². The molecular weight excluding hydrogens is 438 g/mol. The third-order valence-corrected chi connectivity index (χ3v) is 5.54. The van der Waals surface area contributed by atoms with Gasteiger partial charge < -0.3 is 9.64 Å². The normalized spacial score (nSPS) is 13.7. The summed E-state index contributed by atoms with van der Waals surface area (Å²) in [4.78, 5) is 2.45. The van der Waals surface area contributed by atoms with Crippen LogP contribution in [-0.2, 0) is 4.74 Å². The lowest BCUT2D eigenvalue weighted by molar-refractivity contribution is 0.0881. The van der Waals surface area contributed by atoms with Crippen molar-refractivity contribution >= 4 is 0 Å². The van der Waals surface area contributed by atoms with Gasteiger partial charge in [0.15, 0.2) is 0 Å². The lowest BCUT2D eigenvalue weighted by Gasteiger charge is -2.28. The SMILES string of the molecule is CC(C)(C)CC(C)(C)C.CC(C)(C)CCOCCC(C)(C)C.CN(CCC(C)(C)C)CCC(C)(C)C. The summed E-state index contributed by atoms with van der Waals surface area (Å²) in [6, 6.07) is 0. The maximum atomic E-state index is 5.59. The molecule has 0 aliphatic carbocycles. The van der Waals surface area contributed by atoms with E-state index in [1.807, 2.05) is 0 Å². The van der Waals surface area contributed by atoms with E-state index in [0.717, 1.165) is 26.1 Å². The number of ether oxygens (including phenoxy) is 1. The van der Waals surface area contributed by atoms with Crippen LogP contribution in [-0.4, -0.2) is 38.3 Å². The van der Waals surface area contributed by atoms with Gasteiger partial charge in [-0.1, -0.05) is 125 Å². The first-order chi connectivity index (χ1) is 15.5. The van der Waals surface area contributed by atoms with Crippen LogP contribution in [0.2, 0.25) is 0 Å². The van der Waals surface area contributed by atoms with E-state index in [0.29, 0.717) is 32.5 Å². The van der Waals surface area contributed by atoms with Gasteiger partial charge in [0, 0.05) is 13.2 Å². The van der Waals surface area contributed by atoms with E-state index in [1.54, 1.807) is 0 Å². The predicted molar refractivity (Wildman–Crippen MR) is 168 cm³/mol. The maximum Gasteiger partial charge on any atom is 0.0471 e. The van der Waals surface area contributed by atoms with Crippen LogP contribution in [0.3, 0.4) is 0 Å². The Kier molecular flexibility index (Phi) is 18.8. The van der Waals surface area contributed by atoms with Crippen molar-refractivity contribution in [3.8, 4) is 0 Å². The van der Waals surface area contributed by atoms with Gasteiger partial charge in [-0.05, 0) is 84.7 Å². The molecule has 0 amide bonds. The van der Waals surface area contributed by atoms with Crippen molar-refractivity contribution in [2.75, 3.05) is 33.4 Å². The van der Waals surface area contributed by atoms with Gasteiger partial charge in [0.1, 0.15) is 0 Å².